The zero-order valence-electron chi connectivity index (χ0n) is 9.49. The van der Waals surface area contributed by atoms with Gasteiger partial charge in [-0.05, 0) is 6.92 Å². The summed E-state index contributed by atoms with van der Waals surface area (Å²) in [6, 6.07) is 0.0712. The maximum absolute atomic E-state index is 10.7. The molecule has 1 aromatic heterocycles. The van der Waals surface area contributed by atoms with Crippen molar-refractivity contribution < 1.29 is 20.1 Å². The Morgan fingerprint density at radius 1 is 1.67 bits per heavy atom. The molecular formula is C9H12N2O4. The highest BCUT2D eigenvalue weighted by molar-refractivity contribution is 5.86. The molecule has 0 aromatic carbocycles. The normalized spacial score (nSPS) is 10.7. The molecule has 0 aliphatic rings. The molecule has 1 N–H and O–H groups in total. The van der Waals surface area contributed by atoms with Gasteiger partial charge < -0.3 is 9.15 Å². The fourth-order valence-corrected chi connectivity index (χ4v) is 0.912. The van der Waals surface area contributed by atoms with Crippen LogP contribution in [0.3, 0.4) is 0 Å². The predicted molar refractivity (Wildman–Crippen MR) is 51.0 cm³/mol. The van der Waals surface area contributed by atoms with E-state index in [2.05, 4.69) is 10.3 Å². The summed E-state index contributed by atoms with van der Waals surface area (Å²) in [5.74, 6) is -0.585. The number of hydrogen-bond donors (Lipinski definition) is 1. The molecule has 6 heteroatoms. The van der Waals surface area contributed by atoms with Gasteiger partial charge in [0.25, 0.3) is 0 Å². The Balaban J connectivity index is 2.63. The standard InChI is InChI=1S/C9H12N2O4/c1-5-8(4-14-7(3)13)15-9(10-5)11-6(2)12/h4H2,1-3H3,(H,10,11,12)/i3D. The molecular weight excluding hydrogens is 200 g/mol. The van der Waals surface area contributed by atoms with Crippen LogP contribution in [0.1, 0.15) is 26.6 Å². The number of nitrogens with one attached hydrogen (secondary N) is 1. The second kappa shape index (κ2) is 4.59. The van der Waals surface area contributed by atoms with Gasteiger partial charge in [-0.1, -0.05) is 0 Å². The number of aromatic nitrogens is 1. The second-order valence-electron chi connectivity index (χ2n) is 2.87. The van der Waals surface area contributed by atoms with Crippen LogP contribution >= 0.6 is 0 Å². The van der Waals surface area contributed by atoms with Crippen molar-refractivity contribution in [2.45, 2.75) is 27.4 Å². The molecule has 0 spiro atoms. The van der Waals surface area contributed by atoms with Crippen LogP contribution in [-0.2, 0) is 20.9 Å². The van der Waals surface area contributed by atoms with Crippen molar-refractivity contribution in [3.05, 3.63) is 11.5 Å². The van der Waals surface area contributed by atoms with Crippen molar-refractivity contribution in [2.24, 2.45) is 0 Å². The third kappa shape index (κ3) is 3.41. The molecule has 0 bridgehead atoms. The fraction of sp³-hybridized carbons (Fsp3) is 0.444. The van der Waals surface area contributed by atoms with E-state index >= 15 is 0 Å². The van der Waals surface area contributed by atoms with E-state index < -0.39 is 12.9 Å². The molecule has 0 saturated heterocycles. The first-order chi connectivity index (χ1) is 7.52. The van der Waals surface area contributed by atoms with Crippen molar-refractivity contribution >= 4 is 17.9 Å². The summed E-state index contributed by atoms with van der Waals surface area (Å²) >= 11 is 0. The van der Waals surface area contributed by atoms with Crippen molar-refractivity contribution in [1.82, 2.24) is 4.98 Å². The van der Waals surface area contributed by atoms with Gasteiger partial charge in [-0.15, -0.1) is 0 Å². The van der Waals surface area contributed by atoms with Crippen LogP contribution in [0.5, 0.6) is 0 Å². The Bertz CT molecular complexity index is 402. The molecule has 1 rings (SSSR count). The van der Waals surface area contributed by atoms with Crippen LogP contribution in [0.4, 0.5) is 6.01 Å². The van der Waals surface area contributed by atoms with Crippen molar-refractivity contribution in [1.29, 1.82) is 0 Å². The number of anilines is 1. The number of hydrogen-bond acceptors (Lipinski definition) is 5. The molecule has 1 aromatic rings. The maximum Gasteiger partial charge on any atom is 0.303 e. The highest BCUT2D eigenvalue weighted by atomic mass is 16.5. The van der Waals surface area contributed by atoms with E-state index in [9.17, 15) is 9.59 Å². The zero-order valence-corrected chi connectivity index (χ0v) is 8.49. The van der Waals surface area contributed by atoms with E-state index in [1.54, 1.807) is 6.92 Å². The van der Waals surface area contributed by atoms with Gasteiger partial charge >= 0.3 is 12.0 Å². The summed E-state index contributed by atoms with van der Waals surface area (Å²) in [4.78, 5) is 25.4. The highest BCUT2D eigenvalue weighted by Gasteiger charge is 2.11. The van der Waals surface area contributed by atoms with Crippen LogP contribution in [0.15, 0.2) is 4.42 Å². The molecule has 6 nitrogen and oxygen atoms in total. The van der Waals surface area contributed by atoms with Crippen LogP contribution in [0.25, 0.3) is 0 Å². The number of ether oxygens (including phenoxy) is 1. The number of oxazole rings is 1. The first kappa shape index (κ1) is 9.70. The summed E-state index contributed by atoms with van der Waals surface area (Å²) < 4.78 is 16.6. The summed E-state index contributed by atoms with van der Waals surface area (Å²) in [5, 5.41) is 2.37. The van der Waals surface area contributed by atoms with Crippen molar-refractivity contribution in [2.75, 3.05) is 5.32 Å². The van der Waals surface area contributed by atoms with Crippen molar-refractivity contribution in [3.63, 3.8) is 0 Å². The first-order valence-corrected chi connectivity index (χ1v) is 4.21. The Labute approximate surface area is 88.0 Å². The lowest BCUT2D eigenvalue weighted by Gasteiger charge is -1.97. The van der Waals surface area contributed by atoms with E-state index in [4.69, 9.17) is 10.5 Å². The second-order valence-corrected chi connectivity index (χ2v) is 2.87. The number of nitrogens with zero attached hydrogens (tertiary/aromatic N) is 1. The van der Waals surface area contributed by atoms with Gasteiger partial charge in [0.05, 0.1) is 5.69 Å². The predicted octanol–water partition coefficient (Wildman–Crippen LogP) is 1.00. The molecule has 0 aliphatic heterocycles. The minimum absolute atomic E-state index is 0.0712. The smallest absolute Gasteiger partial charge is 0.303 e. The van der Waals surface area contributed by atoms with Crippen LogP contribution < -0.4 is 5.32 Å². The van der Waals surface area contributed by atoms with E-state index in [0.29, 0.717) is 11.5 Å². The van der Waals surface area contributed by atoms with E-state index in [1.807, 2.05) is 0 Å². The summed E-state index contributed by atoms with van der Waals surface area (Å²) in [5.41, 5.74) is 0.529. The average Bonchev–Trinajstić information content (AvgIpc) is 2.54. The molecule has 0 atom stereocenters. The Hall–Kier alpha value is -1.85. The topological polar surface area (TPSA) is 81.4 Å². The Morgan fingerprint density at radius 2 is 2.40 bits per heavy atom. The molecule has 0 radical (unpaired) electrons. The molecule has 1 heterocycles. The van der Waals surface area contributed by atoms with Gasteiger partial charge in [-0.25, -0.2) is 0 Å². The van der Waals surface area contributed by atoms with Crippen LogP contribution in [-0.4, -0.2) is 16.9 Å². The van der Waals surface area contributed by atoms with Gasteiger partial charge in [-0.2, -0.15) is 4.98 Å². The zero-order chi connectivity index (χ0) is 12.1. The maximum atomic E-state index is 10.7. The quantitative estimate of drug-likeness (QED) is 0.757. The third-order valence-corrected chi connectivity index (χ3v) is 1.54. The minimum atomic E-state index is -0.642. The van der Waals surface area contributed by atoms with Gasteiger partial charge in [0.15, 0.2) is 12.4 Å². The SMILES string of the molecule is [2H]CC(=O)OCc1oc(NC(C)=O)nc1C. The van der Waals surface area contributed by atoms with E-state index in [1.165, 1.54) is 6.92 Å². The molecule has 82 valence electrons. The van der Waals surface area contributed by atoms with E-state index in [-0.39, 0.29) is 18.5 Å². The van der Waals surface area contributed by atoms with E-state index in [0.717, 1.165) is 0 Å². The molecule has 0 aliphatic carbocycles. The summed E-state index contributed by atoms with van der Waals surface area (Å²) in [6.45, 7) is 2.47. The third-order valence-electron chi connectivity index (χ3n) is 1.54. The number of carbonyl (C=O) groups excluding carboxylic acids is 2. The van der Waals surface area contributed by atoms with Gasteiger partial charge in [0.2, 0.25) is 5.91 Å². The van der Waals surface area contributed by atoms with Gasteiger partial charge in [-0.3, -0.25) is 14.9 Å². The summed E-state index contributed by atoms with van der Waals surface area (Å²) in [6.07, 6.45) is 0. The molecule has 0 unspecified atom stereocenters. The largest absolute Gasteiger partial charge is 0.458 e. The van der Waals surface area contributed by atoms with Crippen LogP contribution in [0, 0.1) is 6.92 Å². The molecule has 0 fully saturated rings. The number of aryl methyl sites for hydroxylation is 1. The fourth-order valence-electron chi connectivity index (χ4n) is 0.912. The van der Waals surface area contributed by atoms with Crippen molar-refractivity contribution in [3.8, 4) is 0 Å². The van der Waals surface area contributed by atoms with Crippen LogP contribution in [0.2, 0.25) is 0 Å². The molecule has 1 amide bonds. The lowest BCUT2D eigenvalue weighted by molar-refractivity contribution is -0.142. The Morgan fingerprint density at radius 3 is 3.00 bits per heavy atom. The average molecular weight is 213 g/mol. The molecule has 15 heavy (non-hydrogen) atoms. The van der Waals surface area contributed by atoms with Gasteiger partial charge in [0, 0.05) is 15.2 Å². The van der Waals surface area contributed by atoms with Gasteiger partial charge in [0.1, 0.15) is 0 Å². The summed E-state index contributed by atoms with van der Waals surface area (Å²) in [7, 11) is 0. The lowest BCUT2D eigenvalue weighted by atomic mass is 10.4. The molecule has 0 saturated carbocycles. The monoisotopic (exact) mass is 213 g/mol. The highest BCUT2D eigenvalue weighted by Crippen LogP contribution is 2.15. The lowest BCUT2D eigenvalue weighted by Crippen LogP contribution is -2.05. The number of amides is 1. The first-order valence-electron chi connectivity index (χ1n) is 4.92. The Kier molecular flexibility index (Phi) is 2.96. The number of esters is 1. The number of rotatable bonds is 3. The minimum Gasteiger partial charge on any atom is -0.458 e. The number of carbonyl (C=O) groups is 2.